The number of hydrogen-bond donors (Lipinski definition) is 0. The molecule has 0 saturated carbocycles. The monoisotopic (exact) mass is 361 g/mol. The molecule has 0 radical (unpaired) electrons. The number of aryl methyl sites for hydroxylation is 1. The van der Waals surface area contributed by atoms with E-state index in [1.165, 1.54) is 0 Å². The first kappa shape index (κ1) is 20.2. The largest absolute Gasteiger partial charge is 0.477 e. The quantitative estimate of drug-likeness (QED) is 0.830. The average Bonchev–Trinajstić information content (AvgIpc) is 2.52. The molecular formula is C20H31N3O3. The first-order chi connectivity index (χ1) is 12.0. The van der Waals surface area contributed by atoms with Gasteiger partial charge in [-0.2, -0.15) is 0 Å². The van der Waals surface area contributed by atoms with E-state index in [1.54, 1.807) is 6.07 Å². The Bertz CT molecular complexity index is 692. The Morgan fingerprint density at radius 1 is 1.23 bits per heavy atom. The Morgan fingerprint density at radius 3 is 2.42 bits per heavy atom. The van der Waals surface area contributed by atoms with Gasteiger partial charge in [0, 0.05) is 30.7 Å². The van der Waals surface area contributed by atoms with Gasteiger partial charge < -0.3 is 14.5 Å². The molecular weight excluding hydrogens is 330 g/mol. The Labute approximate surface area is 156 Å². The van der Waals surface area contributed by atoms with Gasteiger partial charge >= 0.3 is 0 Å². The third kappa shape index (κ3) is 4.17. The first-order valence-corrected chi connectivity index (χ1v) is 9.19. The summed E-state index contributed by atoms with van der Waals surface area (Å²) in [6.07, 6.45) is 0. The number of hydrogen-bond acceptors (Lipinski definition) is 4. The lowest BCUT2D eigenvalue weighted by Crippen LogP contribution is -2.63. The summed E-state index contributed by atoms with van der Waals surface area (Å²) in [6, 6.07) is 3.60. The summed E-state index contributed by atoms with van der Waals surface area (Å²) in [7, 11) is 0. The first-order valence-electron chi connectivity index (χ1n) is 9.19. The number of amides is 2. The molecule has 0 N–H and O–H groups in total. The van der Waals surface area contributed by atoms with Crippen molar-refractivity contribution in [1.29, 1.82) is 0 Å². The molecule has 0 unspecified atom stereocenters. The van der Waals surface area contributed by atoms with Gasteiger partial charge in [-0.1, -0.05) is 20.8 Å². The minimum Gasteiger partial charge on any atom is -0.477 e. The van der Waals surface area contributed by atoms with E-state index in [9.17, 15) is 9.59 Å². The maximum Gasteiger partial charge on any atom is 0.259 e. The van der Waals surface area contributed by atoms with Crippen LogP contribution in [-0.2, 0) is 4.79 Å². The summed E-state index contributed by atoms with van der Waals surface area (Å²) >= 11 is 0. The highest BCUT2D eigenvalue weighted by molar-refractivity contribution is 5.97. The summed E-state index contributed by atoms with van der Waals surface area (Å²) in [5.41, 5.74) is 0.390. The van der Waals surface area contributed by atoms with E-state index < -0.39 is 11.0 Å². The molecule has 144 valence electrons. The Kier molecular flexibility index (Phi) is 5.64. The van der Waals surface area contributed by atoms with Crippen molar-refractivity contribution in [1.82, 2.24) is 14.8 Å². The van der Waals surface area contributed by atoms with E-state index in [4.69, 9.17) is 4.74 Å². The van der Waals surface area contributed by atoms with Crippen molar-refractivity contribution < 1.29 is 14.3 Å². The average molecular weight is 361 g/mol. The Balaban J connectivity index is 2.25. The van der Waals surface area contributed by atoms with Crippen molar-refractivity contribution in [2.24, 2.45) is 5.41 Å². The molecule has 1 fully saturated rings. The second-order valence-electron chi connectivity index (χ2n) is 8.48. The summed E-state index contributed by atoms with van der Waals surface area (Å²) in [5, 5.41) is 0. The van der Waals surface area contributed by atoms with Gasteiger partial charge in [-0.3, -0.25) is 9.59 Å². The Morgan fingerprint density at radius 2 is 1.88 bits per heavy atom. The standard InChI is InChI=1S/C20H31N3O3/c1-8-26-16-15(10-9-14(2)21-16)17(24)23-12-11-22(13-20(23,6)7)18(25)19(3,4)5/h9-10H,8,11-13H2,1-7H3. The highest BCUT2D eigenvalue weighted by Crippen LogP contribution is 2.29. The van der Waals surface area contributed by atoms with Crippen molar-refractivity contribution in [3.05, 3.63) is 23.4 Å². The van der Waals surface area contributed by atoms with Gasteiger partial charge in [0.25, 0.3) is 5.91 Å². The van der Waals surface area contributed by atoms with Crippen LogP contribution >= 0.6 is 0 Å². The number of piperazine rings is 1. The second kappa shape index (κ2) is 7.25. The van der Waals surface area contributed by atoms with Crippen LogP contribution < -0.4 is 4.74 Å². The third-order valence-corrected chi connectivity index (χ3v) is 4.59. The maximum atomic E-state index is 13.2. The molecule has 6 heteroatoms. The molecule has 2 amide bonds. The van der Waals surface area contributed by atoms with Gasteiger partial charge in [0.15, 0.2) is 0 Å². The molecule has 26 heavy (non-hydrogen) atoms. The maximum absolute atomic E-state index is 13.2. The van der Waals surface area contributed by atoms with Crippen molar-refractivity contribution in [2.45, 2.75) is 54.0 Å². The number of aromatic nitrogens is 1. The predicted octanol–water partition coefficient (Wildman–Crippen LogP) is 2.90. The molecule has 1 saturated heterocycles. The van der Waals surface area contributed by atoms with Crippen molar-refractivity contribution in [3.63, 3.8) is 0 Å². The lowest BCUT2D eigenvalue weighted by Gasteiger charge is -2.48. The molecule has 2 heterocycles. The fourth-order valence-electron chi connectivity index (χ4n) is 3.27. The summed E-state index contributed by atoms with van der Waals surface area (Å²) < 4.78 is 5.58. The molecule has 0 bridgehead atoms. The lowest BCUT2D eigenvalue weighted by atomic mass is 9.91. The van der Waals surface area contributed by atoms with E-state index >= 15 is 0 Å². The molecule has 0 spiro atoms. The van der Waals surface area contributed by atoms with Gasteiger partial charge in [-0.25, -0.2) is 4.98 Å². The van der Waals surface area contributed by atoms with E-state index in [0.717, 1.165) is 5.69 Å². The van der Waals surface area contributed by atoms with E-state index in [-0.39, 0.29) is 11.8 Å². The van der Waals surface area contributed by atoms with Crippen LogP contribution in [0.5, 0.6) is 5.88 Å². The topological polar surface area (TPSA) is 62.7 Å². The van der Waals surface area contributed by atoms with Crippen molar-refractivity contribution >= 4 is 11.8 Å². The molecule has 2 rings (SSSR count). The van der Waals surface area contributed by atoms with Crippen LogP contribution in [0.3, 0.4) is 0 Å². The van der Waals surface area contributed by atoms with Crippen molar-refractivity contribution in [2.75, 3.05) is 26.2 Å². The van der Waals surface area contributed by atoms with E-state index in [2.05, 4.69) is 4.98 Å². The van der Waals surface area contributed by atoms with Gasteiger partial charge in [0.05, 0.1) is 12.1 Å². The molecule has 1 aliphatic heterocycles. The van der Waals surface area contributed by atoms with Gasteiger partial charge in [-0.05, 0) is 39.8 Å². The van der Waals surface area contributed by atoms with Crippen LogP contribution in [0.4, 0.5) is 0 Å². The van der Waals surface area contributed by atoms with Crippen LogP contribution in [0.1, 0.15) is 57.6 Å². The zero-order valence-electron chi connectivity index (χ0n) is 17.0. The predicted molar refractivity (Wildman–Crippen MR) is 101 cm³/mol. The fourth-order valence-corrected chi connectivity index (χ4v) is 3.27. The number of rotatable bonds is 3. The highest BCUT2D eigenvalue weighted by atomic mass is 16.5. The molecule has 0 atom stereocenters. The molecule has 0 aliphatic carbocycles. The van der Waals surface area contributed by atoms with Crippen LogP contribution in [0.25, 0.3) is 0 Å². The smallest absolute Gasteiger partial charge is 0.259 e. The summed E-state index contributed by atoms with van der Waals surface area (Å²) in [5.74, 6) is 0.389. The number of ether oxygens (including phenoxy) is 1. The SMILES string of the molecule is CCOc1nc(C)ccc1C(=O)N1CCN(C(=O)C(C)(C)C)CC1(C)C. The van der Waals surface area contributed by atoms with Crippen LogP contribution in [0.2, 0.25) is 0 Å². The third-order valence-electron chi connectivity index (χ3n) is 4.59. The minimum absolute atomic E-state index is 0.103. The molecule has 0 aromatic carbocycles. The van der Waals surface area contributed by atoms with Crippen LogP contribution in [-0.4, -0.2) is 58.4 Å². The molecule has 1 aliphatic rings. The number of carbonyl (C=O) groups excluding carboxylic acids is 2. The molecule has 1 aromatic rings. The lowest BCUT2D eigenvalue weighted by molar-refractivity contribution is -0.143. The van der Waals surface area contributed by atoms with E-state index in [1.807, 2.05) is 64.3 Å². The normalized spacial score (nSPS) is 17.2. The fraction of sp³-hybridized carbons (Fsp3) is 0.650. The van der Waals surface area contributed by atoms with Gasteiger partial charge in [0.1, 0.15) is 5.56 Å². The summed E-state index contributed by atoms with van der Waals surface area (Å²) in [4.78, 5) is 33.9. The number of carbonyl (C=O) groups is 2. The molecule has 1 aromatic heterocycles. The zero-order chi connectivity index (χ0) is 19.7. The Hall–Kier alpha value is -2.11. The van der Waals surface area contributed by atoms with E-state index in [0.29, 0.717) is 37.7 Å². The minimum atomic E-state index is -0.468. The number of pyridine rings is 1. The van der Waals surface area contributed by atoms with Gasteiger partial charge in [-0.15, -0.1) is 0 Å². The van der Waals surface area contributed by atoms with Gasteiger partial charge in [0.2, 0.25) is 11.8 Å². The summed E-state index contributed by atoms with van der Waals surface area (Å²) in [6.45, 7) is 15.5. The van der Waals surface area contributed by atoms with Crippen molar-refractivity contribution in [3.8, 4) is 5.88 Å². The number of nitrogens with zero attached hydrogens (tertiary/aromatic N) is 3. The zero-order valence-corrected chi connectivity index (χ0v) is 17.0. The molecule has 6 nitrogen and oxygen atoms in total. The highest BCUT2D eigenvalue weighted by Gasteiger charge is 2.41. The van der Waals surface area contributed by atoms with Crippen LogP contribution in [0, 0.1) is 12.3 Å². The van der Waals surface area contributed by atoms with Crippen LogP contribution in [0.15, 0.2) is 12.1 Å². The second-order valence-corrected chi connectivity index (χ2v) is 8.48.